The lowest BCUT2D eigenvalue weighted by molar-refractivity contribution is -0.0306. The smallest absolute Gasteiger partial charge is 0.407 e. The number of aryl methyl sites for hydroxylation is 1. The van der Waals surface area contributed by atoms with Crippen LogP contribution in [0.3, 0.4) is 0 Å². The van der Waals surface area contributed by atoms with E-state index in [1.54, 1.807) is 23.4 Å². The van der Waals surface area contributed by atoms with Crippen molar-refractivity contribution in [1.29, 1.82) is 0 Å². The van der Waals surface area contributed by atoms with E-state index < -0.39 is 25.4 Å². The number of halogens is 1. The van der Waals surface area contributed by atoms with Gasteiger partial charge in [0.05, 0.1) is 28.1 Å². The molecule has 1 aliphatic rings. The third-order valence-electron chi connectivity index (χ3n) is 8.67. The van der Waals surface area contributed by atoms with E-state index >= 15 is 0 Å². The Morgan fingerprint density at radius 3 is 2.45 bits per heavy atom. The largest absolute Gasteiger partial charge is 0.444 e. The number of ether oxygens (including phenoxy) is 3. The standard InChI is InChI=1S/C33H48ClN7O5Si/c1-32(2,3)46-31(43)35-20-33(44-6)12-14-40(15-13-33)30-36-28-26(29(42)39(30)5)23(19-41(28)21-45-16-17-47(7,8)9)22-10-11-25-24(27(22)34)18-38(4)37-25/h10-11,18-19H,12-17,20-21H2,1-9H3,(H,35,43). The Hall–Kier alpha value is -3.39. The number of carbonyl (C=O) groups is 1. The summed E-state index contributed by atoms with van der Waals surface area (Å²) in [6.07, 6.45) is 4.58. The second-order valence-corrected chi connectivity index (χ2v) is 20.7. The number of nitrogens with zero attached hydrogens (tertiary/aromatic N) is 6. The maximum atomic E-state index is 14.2. The molecule has 0 atom stereocenters. The average Bonchev–Trinajstić information content (AvgIpc) is 3.55. The summed E-state index contributed by atoms with van der Waals surface area (Å²) in [6, 6.07) is 4.86. The van der Waals surface area contributed by atoms with Crippen LogP contribution in [0, 0.1) is 0 Å². The number of piperidine rings is 1. The predicted octanol–water partition coefficient (Wildman–Crippen LogP) is 5.76. The number of aromatic nitrogens is 5. The maximum Gasteiger partial charge on any atom is 0.407 e. The molecule has 0 spiro atoms. The van der Waals surface area contributed by atoms with Gasteiger partial charge in [0.1, 0.15) is 12.3 Å². The lowest BCUT2D eigenvalue weighted by Crippen LogP contribution is -2.53. The number of nitrogens with one attached hydrogen (secondary N) is 1. The van der Waals surface area contributed by atoms with Crippen LogP contribution in [0.15, 0.2) is 29.3 Å². The van der Waals surface area contributed by atoms with Crippen molar-refractivity contribution in [2.24, 2.45) is 14.1 Å². The molecular weight excluding hydrogens is 638 g/mol. The number of hydrogen-bond acceptors (Lipinski definition) is 8. The molecule has 5 rings (SSSR count). The molecule has 1 aromatic carbocycles. The maximum absolute atomic E-state index is 14.2. The number of anilines is 1. The summed E-state index contributed by atoms with van der Waals surface area (Å²) < 4.78 is 22.8. The number of benzene rings is 1. The van der Waals surface area contributed by atoms with Gasteiger partial charge in [0.25, 0.3) is 5.56 Å². The first-order valence-electron chi connectivity index (χ1n) is 16.1. The number of hydrogen-bond donors (Lipinski definition) is 1. The van der Waals surface area contributed by atoms with E-state index in [1.165, 1.54) is 0 Å². The minimum absolute atomic E-state index is 0.168. The van der Waals surface area contributed by atoms with Gasteiger partial charge in [0.2, 0.25) is 5.95 Å². The molecule has 1 amide bonds. The van der Waals surface area contributed by atoms with Crippen molar-refractivity contribution in [1.82, 2.24) is 29.2 Å². The van der Waals surface area contributed by atoms with Crippen LogP contribution in [-0.4, -0.2) is 82.6 Å². The summed E-state index contributed by atoms with van der Waals surface area (Å²) in [5, 5.41) is 9.19. The van der Waals surface area contributed by atoms with Crippen LogP contribution >= 0.6 is 11.6 Å². The van der Waals surface area contributed by atoms with Crippen molar-refractivity contribution in [3.8, 4) is 11.1 Å². The van der Waals surface area contributed by atoms with E-state index in [0.717, 1.165) is 22.5 Å². The first-order valence-corrected chi connectivity index (χ1v) is 20.2. The summed E-state index contributed by atoms with van der Waals surface area (Å²) in [4.78, 5) is 33.8. The van der Waals surface area contributed by atoms with Gasteiger partial charge in [-0.1, -0.05) is 37.3 Å². The molecule has 1 N–H and O–H groups in total. The first-order chi connectivity index (χ1) is 22.0. The molecule has 0 aliphatic carbocycles. The highest BCUT2D eigenvalue weighted by Gasteiger charge is 2.37. The summed E-state index contributed by atoms with van der Waals surface area (Å²) in [7, 11) is 3.98. The van der Waals surface area contributed by atoms with E-state index in [2.05, 4.69) is 35.0 Å². The Kier molecular flexibility index (Phi) is 9.85. The lowest BCUT2D eigenvalue weighted by atomic mass is 9.91. The Labute approximate surface area is 281 Å². The van der Waals surface area contributed by atoms with Crippen LogP contribution in [0.2, 0.25) is 30.7 Å². The molecule has 3 aromatic heterocycles. The zero-order valence-corrected chi connectivity index (χ0v) is 30.8. The van der Waals surface area contributed by atoms with Gasteiger partial charge in [-0.3, -0.25) is 14.0 Å². The Bertz CT molecular complexity index is 1830. The zero-order valence-electron chi connectivity index (χ0n) is 29.1. The van der Waals surface area contributed by atoms with Gasteiger partial charge in [0.15, 0.2) is 5.65 Å². The van der Waals surface area contributed by atoms with Gasteiger partial charge in [-0.05, 0) is 45.7 Å². The van der Waals surface area contributed by atoms with E-state index in [9.17, 15) is 9.59 Å². The third-order valence-corrected chi connectivity index (χ3v) is 10.8. The molecule has 256 valence electrons. The number of fused-ring (bicyclic) bond motifs is 2. The molecule has 1 saturated heterocycles. The number of amides is 1. The summed E-state index contributed by atoms with van der Waals surface area (Å²) in [6.45, 7) is 14.8. The van der Waals surface area contributed by atoms with E-state index in [1.807, 2.05) is 56.9 Å². The van der Waals surface area contributed by atoms with E-state index in [0.29, 0.717) is 66.7 Å². The van der Waals surface area contributed by atoms with Crippen LogP contribution < -0.4 is 15.8 Å². The molecule has 0 radical (unpaired) electrons. The number of carbonyl (C=O) groups excluding carboxylic acids is 1. The predicted molar refractivity (Wildman–Crippen MR) is 189 cm³/mol. The SMILES string of the molecule is COC1(CNC(=O)OC(C)(C)C)CCN(c2nc3c(c(-c4ccc5nn(C)cc5c4Cl)cn3COCC[Si](C)(C)C)c(=O)n2C)CC1. The topological polar surface area (TPSA) is 118 Å². The van der Waals surface area contributed by atoms with Gasteiger partial charge in [-0.2, -0.15) is 10.1 Å². The quantitative estimate of drug-likeness (QED) is 0.165. The normalized spacial score (nSPS) is 15.5. The third kappa shape index (κ3) is 7.69. The van der Waals surface area contributed by atoms with E-state index in [-0.39, 0.29) is 12.3 Å². The molecule has 47 heavy (non-hydrogen) atoms. The number of alkyl carbamates (subject to hydrolysis) is 1. The molecule has 14 heteroatoms. The zero-order chi connectivity index (χ0) is 34.3. The van der Waals surface area contributed by atoms with Gasteiger partial charge in [-0.25, -0.2) is 4.79 Å². The van der Waals surface area contributed by atoms with Crippen molar-refractivity contribution in [3.05, 3.63) is 39.9 Å². The lowest BCUT2D eigenvalue weighted by Gasteiger charge is -2.41. The van der Waals surface area contributed by atoms with Gasteiger partial charge in [-0.15, -0.1) is 0 Å². The second-order valence-electron chi connectivity index (χ2n) is 14.7. The van der Waals surface area contributed by atoms with Crippen molar-refractivity contribution >= 4 is 53.7 Å². The molecule has 0 unspecified atom stereocenters. The van der Waals surface area contributed by atoms with Crippen molar-refractivity contribution in [2.45, 2.75) is 77.2 Å². The number of rotatable bonds is 10. The highest BCUT2D eigenvalue weighted by Crippen LogP contribution is 2.38. The van der Waals surface area contributed by atoms with E-state index in [4.69, 9.17) is 30.8 Å². The molecule has 0 bridgehead atoms. The molecule has 4 heterocycles. The van der Waals surface area contributed by atoms with Crippen molar-refractivity contribution in [2.75, 3.05) is 38.3 Å². The van der Waals surface area contributed by atoms with Gasteiger partial charge >= 0.3 is 6.09 Å². The number of methoxy groups -OCH3 is 1. The molecule has 0 saturated carbocycles. The summed E-state index contributed by atoms with van der Waals surface area (Å²) in [5.41, 5.74) is 1.46. The fourth-order valence-corrected chi connectivity index (χ4v) is 7.00. The van der Waals surface area contributed by atoms with Crippen LogP contribution in [0.25, 0.3) is 33.1 Å². The summed E-state index contributed by atoms with van der Waals surface area (Å²) >= 11 is 6.97. The minimum atomic E-state index is -1.29. The van der Waals surface area contributed by atoms with Crippen LogP contribution in [0.5, 0.6) is 0 Å². The molecule has 1 aliphatic heterocycles. The fourth-order valence-electron chi connectivity index (χ4n) is 5.93. The second kappa shape index (κ2) is 13.3. The van der Waals surface area contributed by atoms with Gasteiger partial charge < -0.3 is 29.0 Å². The van der Waals surface area contributed by atoms with Crippen molar-refractivity contribution in [3.63, 3.8) is 0 Å². The van der Waals surface area contributed by atoms with Crippen LogP contribution in [0.4, 0.5) is 10.7 Å². The molecule has 12 nitrogen and oxygen atoms in total. The molecular formula is C33H48ClN7O5Si. The first kappa shape index (κ1) is 34.9. The Morgan fingerprint density at radius 2 is 1.81 bits per heavy atom. The van der Waals surface area contributed by atoms with Crippen LogP contribution in [-0.2, 0) is 35.0 Å². The Balaban J connectivity index is 1.48. The van der Waals surface area contributed by atoms with Crippen molar-refractivity contribution < 1.29 is 19.0 Å². The monoisotopic (exact) mass is 685 g/mol. The average molecular weight is 686 g/mol. The minimum Gasteiger partial charge on any atom is -0.444 e. The Morgan fingerprint density at radius 1 is 1.11 bits per heavy atom. The molecule has 1 fully saturated rings. The van der Waals surface area contributed by atoms with Crippen LogP contribution in [0.1, 0.15) is 33.6 Å². The fraction of sp³-hybridized carbons (Fsp3) is 0.576. The summed E-state index contributed by atoms with van der Waals surface area (Å²) in [5.74, 6) is 0.564. The highest BCUT2D eigenvalue weighted by atomic mass is 35.5. The van der Waals surface area contributed by atoms with Gasteiger partial charge in [0, 0.05) is 77.9 Å². The highest BCUT2D eigenvalue weighted by molar-refractivity contribution is 6.76. The molecule has 4 aromatic rings.